The number of nitrogens with zero attached hydrogens (tertiary/aromatic N) is 8. The predicted molar refractivity (Wildman–Crippen MR) is 107 cm³/mol. The Morgan fingerprint density at radius 2 is 1.90 bits per heavy atom. The van der Waals surface area contributed by atoms with E-state index in [-0.39, 0.29) is 5.56 Å². The normalized spacial score (nSPS) is 15.9. The molecule has 0 saturated carbocycles. The molecule has 0 unspecified atom stereocenters. The van der Waals surface area contributed by atoms with Gasteiger partial charge in [-0.2, -0.15) is 5.10 Å². The third kappa shape index (κ3) is 3.68. The number of piperidine rings is 1. The van der Waals surface area contributed by atoms with Crippen molar-refractivity contribution in [1.29, 1.82) is 0 Å². The van der Waals surface area contributed by atoms with Gasteiger partial charge in [0.1, 0.15) is 0 Å². The number of hydrogen-bond donors (Lipinski definition) is 0. The molecule has 0 atom stereocenters. The van der Waals surface area contributed by atoms with Crippen molar-refractivity contribution in [2.75, 3.05) is 13.1 Å². The Morgan fingerprint density at radius 1 is 1.00 bits per heavy atom. The molecule has 9 nitrogen and oxygen atoms in total. The van der Waals surface area contributed by atoms with Crippen LogP contribution >= 0.6 is 0 Å². The van der Waals surface area contributed by atoms with Gasteiger partial charge in [-0.1, -0.05) is 6.07 Å². The van der Waals surface area contributed by atoms with Crippen molar-refractivity contribution in [3.8, 4) is 5.82 Å². The molecule has 0 N–H and O–H groups in total. The van der Waals surface area contributed by atoms with Gasteiger partial charge in [0, 0.05) is 31.2 Å². The van der Waals surface area contributed by atoms with E-state index in [9.17, 15) is 4.79 Å². The first-order valence-corrected chi connectivity index (χ1v) is 9.85. The molecule has 0 radical (unpaired) electrons. The van der Waals surface area contributed by atoms with Gasteiger partial charge in [-0.15, -0.1) is 15.3 Å². The third-order valence-corrected chi connectivity index (χ3v) is 5.48. The van der Waals surface area contributed by atoms with Gasteiger partial charge >= 0.3 is 0 Å². The van der Waals surface area contributed by atoms with Crippen molar-refractivity contribution in [3.63, 3.8) is 0 Å². The Morgan fingerprint density at radius 3 is 2.72 bits per heavy atom. The molecular formula is C20H22N8O. The summed E-state index contributed by atoms with van der Waals surface area (Å²) in [5.41, 5.74) is 0.804. The second-order valence-corrected chi connectivity index (χ2v) is 7.43. The van der Waals surface area contributed by atoms with Crippen molar-refractivity contribution >= 4 is 5.65 Å². The van der Waals surface area contributed by atoms with Crippen LogP contribution in [0.5, 0.6) is 0 Å². The number of pyridine rings is 1. The van der Waals surface area contributed by atoms with E-state index < -0.39 is 0 Å². The fourth-order valence-corrected chi connectivity index (χ4v) is 3.87. The van der Waals surface area contributed by atoms with E-state index in [0.717, 1.165) is 43.9 Å². The Balaban J connectivity index is 1.22. The van der Waals surface area contributed by atoms with Crippen LogP contribution < -0.4 is 5.56 Å². The average molecular weight is 390 g/mol. The molecule has 1 fully saturated rings. The van der Waals surface area contributed by atoms with Crippen molar-refractivity contribution in [1.82, 2.24) is 39.1 Å². The first kappa shape index (κ1) is 17.7. The van der Waals surface area contributed by atoms with Gasteiger partial charge in [0.15, 0.2) is 17.3 Å². The van der Waals surface area contributed by atoms with Crippen LogP contribution in [0, 0.1) is 5.92 Å². The Bertz CT molecular complexity index is 1150. The van der Waals surface area contributed by atoms with Gasteiger partial charge in [-0.3, -0.25) is 14.1 Å². The highest BCUT2D eigenvalue weighted by Crippen LogP contribution is 2.20. The number of likely N-dealkylation sites (tertiary alicyclic amines) is 1. The van der Waals surface area contributed by atoms with Crippen LogP contribution in [0.1, 0.15) is 18.7 Å². The van der Waals surface area contributed by atoms with Crippen molar-refractivity contribution < 1.29 is 0 Å². The molecule has 5 heterocycles. The molecule has 29 heavy (non-hydrogen) atoms. The molecule has 9 heteroatoms. The monoisotopic (exact) mass is 390 g/mol. The fraction of sp³-hybridized carbons (Fsp3) is 0.350. The second-order valence-electron chi connectivity index (χ2n) is 7.43. The molecule has 5 rings (SSSR count). The van der Waals surface area contributed by atoms with Gasteiger partial charge in [0.25, 0.3) is 5.56 Å². The topological polar surface area (TPSA) is 86.1 Å². The Hall–Kier alpha value is -3.33. The van der Waals surface area contributed by atoms with Crippen molar-refractivity contribution in [3.05, 3.63) is 71.2 Å². The van der Waals surface area contributed by atoms with Gasteiger partial charge in [0.05, 0.1) is 6.54 Å². The highest BCUT2D eigenvalue weighted by atomic mass is 16.1. The maximum absolute atomic E-state index is 12.3. The quantitative estimate of drug-likeness (QED) is 0.512. The number of fused-ring (bicyclic) bond motifs is 1. The van der Waals surface area contributed by atoms with Crippen LogP contribution in [0.2, 0.25) is 0 Å². The molecule has 0 amide bonds. The van der Waals surface area contributed by atoms with Crippen LogP contribution in [-0.2, 0) is 13.1 Å². The fourth-order valence-electron chi connectivity index (χ4n) is 3.87. The summed E-state index contributed by atoms with van der Waals surface area (Å²) in [6.45, 7) is 3.36. The van der Waals surface area contributed by atoms with Crippen LogP contribution in [-0.4, -0.2) is 52.1 Å². The van der Waals surface area contributed by atoms with Crippen LogP contribution in [0.3, 0.4) is 0 Å². The van der Waals surface area contributed by atoms with Gasteiger partial charge < -0.3 is 0 Å². The lowest BCUT2D eigenvalue weighted by Gasteiger charge is -2.31. The van der Waals surface area contributed by atoms with Gasteiger partial charge in [-0.05, 0) is 56.1 Å². The molecule has 0 bridgehead atoms. The molecule has 1 aliphatic rings. The first-order chi connectivity index (χ1) is 14.3. The highest BCUT2D eigenvalue weighted by molar-refractivity contribution is 5.36. The molecule has 4 aromatic heterocycles. The SMILES string of the molecule is O=c1ccc(-n2cccn2)nn1CC1CCN(Cc2nnc3ccccn23)CC1. The summed E-state index contributed by atoms with van der Waals surface area (Å²) >= 11 is 0. The summed E-state index contributed by atoms with van der Waals surface area (Å²) in [6, 6.07) is 11.0. The van der Waals surface area contributed by atoms with Crippen LogP contribution in [0.15, 0.2) is 59.8 Å². The molecule has 0 aliphatic carbocycles. The summed E-state index contributed by atoms with van der Waals surface area (Å²) in [5.74, 6) is 2.05. The lowest BCUT2D eigenvalue weighted by atomic mass is 9.97. The Labute approximate surface area is 167 Å². The summed E-state index contributed by atoms with van der Waals surface area (Å²) in [5, 5.41) is 17.2. The zero-order chi connectivity index (χ0) is 19.6. The molecule has 4 aromatic rings. The van der Waals surface area contributed by atoms with Gasteiger partial charge in [0.2, 0.25) is 0 Å². The number of rotatable bonds is 5. The minimum Gasteiger partial charge on any atom is -0.296 e. The maximum Gasteiger partial charge on any atom is 0.266 e. The van der Waals surface area contributed by atoms with Crippen LogP contribution in [0.4, 0.5) is 0 Å². The average Bonchev–Trinajstić information content (AvgIpc) is 3.42. The van der Waals surface area contributed by atoms with Crippen LogP contribution in [0.25, 0.3) is 11.5 Å². The molecule has 1 saturated heterocycles. The highest BCUT2D eigenvalue weighted by Gasteiger charge is 2.22. The minimum absolute atomic E-state index is 0.0711. The summed E-state index contributed by atoms with van der Waals surface area (Å²) in [4.78, 5) is 14.7. The van der Waals surface area contributed by atoms with Gasteiger partial charge in [-0.25, -0.2) is 9.36 Å². The molecule has 0 spiro atoms. The van der Waals surface area contributed by atoms with E-state index >= 15 is 0 Å². The van der Waals surface area contributed by atoms with E-state index in [0.29, 0.717) is 18.3 Å². The smallest absolute Gasteiger partial charge is 0.266 e. The molecule has 0 aromatic carbocycles. The molecule has 148 valence electrons. The number of hydrogen-bond acceptors (Lipinski definition) is 6. The largest absolute Gasteiger partial charge is 0.296 e. The van der Waals surface area contributed by atoms with E-state index in [1.54, 1.807) is 27.7 Å². The zero-order valence-electron chi connectivity index (χ0n) is 16.0. The third-order valence-electron chi connectivity index (χ3n) is 5.48. The molecular weight excluding hydrogens is 368 g/mol. The second kappa shape index (κ2) is 7.59. The van der Waals surface area contributed by atoms with Crippen molar-refractivity contribution in [2.24, 2.45) is 5.92 Å². The minimum atomic E-state index is -0.0711. The Kier molecular flexibility index (Phi) is 4.65. The zero-order valence-corrected chi connectivity index (χ0v) is 16.0. The number of aromatic nitrogens is 7. The summed E-state index contributed by atoms with van der Waals surface area (Å²) in [6.07, 6.45) is 7.57. The molecule has 1 aliphatic heterocycles. The predicted octanol–water partition coefficient (Wildman–Crippen LogP) is 1.38. The van der Waals surface area contributed by atoms with E-state index in [1.165, 1.54) is 0 Å². The van der Waals surface area contributed by atoms with Crippen molar-refractivity contribution in [2.45, 2.75) is 25.9 Å². The lowest BCUT2D eigenvalue weighted by molar-refractivity contribution is 0.160. The van der Waals surface area contributed by atoms with E-state index in [1.807, 2.05) is 41.1 Å². The summed E-state index contributed by atoms with van der Waals surface area (Å²) < 4.78 is 5.28. The van der Waals surface area contributed by atoms with E-state index in [4.69, 9.17) is 0 Å². The lowest BCUT2D eigenvalue weighted by Crippen LogP contribution is -2.37. The standard InChI is InChI=1S/C20H22N8O/c29-20-6-5-18(27-11-3-9-21-27)24-28(20)14-16-7-12-25(13-8-16)15-19-23-22-17-4-1-2-10-26(17)19/h1-6,9-11,16H,7-8,12-15H2. The summed E-state index contributed by atoms with van der Waals surface area (Å²) in [7, 11) is 0. The van der Waals surface area contributed by atoms with E-state index in [2.05, 4.69) is 25.3 Å². The maximum atomic E-state index is 12.3. The first-order valence-electron chi connectivity index (χ1n) is 9.85.